The van der Waals surface area contributed by atoms with Gasteiger partial charge in [-0.25, -0.2) is 0 Å². The number of allylic oxidation sites excluding steroid dienone is 11. The van der Waals surface area contributed by atoms with Gasteiger partial charge in [0, 0.05) is 22.0 Å². The Morgan fingerprint density at radius 3 is 1.68 bits per heavy atom. The van der Waals surface area contributed by atoms with Crippen LogP contribution in [0.4, 0.5) is 0 Å². The first-order valence-electron chi connectivity index (χ1n) is 24.1. The Morgan fingerprint density at radius 2 is 1.13 bits per heavy atom. The molecular weight excluding hydrogens is 851 g/mol. The molecule has 1 aliphatic carbocycles. The number of thiophene rings is 1. The minimum absolute atomic E-state index is 1.10. The lowest BCUT2D eigenvalue weighted by Gasteiger charge is -2.08. The highest BCUT2D eigenvalue weighted by atomic mass is 32.1. The van der Waals surface area contributed by atoms with Crippen molar-refractivity contribution in [2.45, 2.75) is 68.2 Å². The van der Waals surface area contributed by atoms with Crippen molar-refractivity contribution >= 4 is 27.5 Å². The summed E-state index contributed by atoms with van der Waals surface area (Å²) in [5, 5.41) is 1.40. The van der Waals surface area contributed by atoms with Crippen molar-refractivity contribution in [1.82, 2.24) is 4.98 Å². The van der Waals surface area contributed by atoms with Crippen LogP contribution < -0.4 is 0 Å². The number of fused-ring (bicyclic) bond motifs is 3. The van der Waals surface area contributed by atoms with Gasteiger partial charge in [0.2, 0.25) is 0 Å². The highest BCUT2D eigenvalue weighted by Gasteiger charge is 2.13. The van der Waals surface area contributed by atoms with Crippen LogP contribution in [0.1, 0.15) is 66.8 Å². The summed E-state index contributed by atoms with van der Waals surface area (Å²) in [5.74, 6) is 0. The lowest BCUT2D eigenvalue weighted by Crippen LogP contribution is -1.87. The fourth-order valence-electron chi connectivity index (χ4n) is 7.82. The van der Waals surface area contributed by atoms with Crippen molar-refractivity contribution in [2.75, 3.05) is 0 Å². The molecule has 0 aliphatic heterocycles. The summed E-state index contributed by atoms with van der Waals surface area (Å²) in [7, 11) is 0. The standard InChI is InChI=1S/C25H20S.C14H14.C14H18.C12H11N.C2H6/c1-17-9-11-18(12-10-17)19-5-4-6-20(15-19)21-13-14-23-22-7-2-3-8-24(22)26-25(23)16-21;1-11-7-3-5-9-13(11)14-10-6-4-8-12(14)2;1-5-9-12-13(8-4)14(10-6-2)11-7-3;1-10-4-6-11(7-5-10)12-3-2-8-13-9-12;1-2/h2,4-7,9-16H,3,8H2,1H3;3-10H,1-2H3;5-12H,2,4H2,1,3H3;2-9H,1H3;1-2H3/b;;9-5-,11-7-,13-12+,14-10+;;. The van der Waals surface area contributed by atoms with Crippen molar-refractivity contribution in [3.8, 4) is 44.5 Å². The molecular formula is C67H69NS. The van der Waals surface area contributed by atoms with E-state index in [0.29, 0.717) is 0 Å². The normalized spacial score (nSPS) is 11.8. The molecule has 0 radical (unpaired) electrons. The molecule has 0 bridgehead atoms. The fourth-order valence-corrected chi connectivity index (χ4v) is 9.07. The van der Waals surface area contributed by atoms with E-state index in [1.54, 1.807) is 12.3 Å². The van der Waals surface area contributed by atoms with Crippen molar-refractivity contribution in [2.24, 2.45) is 0 Å². The van der Waals surface area contributed by atoms with Crippen LogP contribution in [0.3, 0.4) is 0 Å². The Labute approximate surface area is 418 Å². The van der Waals surface area contributed by atoms with E-state index in [1.165, 1.54) is 100 Å². The molecule has 0 amide bonds. The van der Waals surface area contributed by atoms with Crippen LogP contribution in [0.2, 0.25) is 0 Å². The van der Waals surface area contributed by atoms with Gasteiger partial charge in [-0.2, -0.15) is 0 Å². The maximum atomic E-state index is 4.08. The highest BCUT2D eigenvalue weighted by Crippen LogP contribution is 2.38. The summed E-state index contributed by atoms with van der Waals surface area (Å²) in [5.41, 5.74) is 19.1. The zero-order valence-electron chi connectivity index (χ0n) is 42.0. The molecule has 2 heteroatoms. The van der Waals surface area contributed by atoms with Gasteiger partial charge in [0.15, 0.2) is 0 Å². The second-order valence-electron chi connectivity index (χ2n) is 16.5. The third-order valence-corrected chi connectivity index (χ3v) is 12.7. The summed E-state index contributed by atoms with van der Waals surface area (Å²) >= 11 is 1.96. The Balaban J connectivity index is 0.000000179. The zero-order valence-corrected chi connectivity index (χ0v) is 42.9. The summed E-state index contributed by atoms with van der Waals surface area (Å²) in [6.45, 7) is 24.0. The highest BCUT2D eigenvalue weighted by molar-refractivity contribution is 7.19. The predicted octanol–water partition coefficient (Wildman–Crippen LogP) is 19.9. The van der Waals surface area contributed by atoms with Gasteiger partial charge in [-0.05, 0) is 150 Å². The smallest absolute Gasteiger partial charge is 0.0358 e. The lowest BCUT2D eigenvalue weighted by molar-refractivity contribution is 1.02. The van der Waals surface area contributed by atoms with Crippen LogP contribution in [-0.2, 0) is 6.42 Å². The molecule has 348 valence electrons. The molecule has 0 saturated heterocycles. The van der Waals surface area contributed by atoms with Crippen LogP contribution >= 0.6 is 11.3 Å². The molecule has 0 fully saturated rings. The quantitative estimate of drug-likeness (QED) is 0.132. The van der Waals surface area contributed by atoms with Gasteiger partial charge in [0.25, 0.3) is 0 Å². The van der Waals surface area contributed by atoms with Crippen LogP contribution in [0.25, 0.3) is 60.7 Å². The van der Waals surface area contributed by atoms with Crippen molar-refractivity contribution in [3.63, 3.8) is 0 Å². The third kappa shape index (κ3) is 15.3. The monoisotopic (exact) mass is 920 g/mol. The van der Waals surface area contributed by atoms with Gasteiger partial charge < -0.3 is 0 Å². The van der Waals surface area contributed by atoms with Crippen molar-refractivity contribution in [1.29, 1.82) is 0 Å². The summed E-state index contributed by atoms with van der Waals surface area (Å²) < 4.78 is 1.40. The molecule has 6 aromatic carbocycles. The second kappa shape index (κ2) is 28.1. The van der Waals surface area contributed by atoms with E-state index in [0.717, 1.165) is 11.1 Å². The van der Waals surface area contributed by atoms with Gasteiger partial charge in [-0.15, -0.1) is 11.3 Å². The topological polar surface area (TPSA) is 12.9 Å². The molecule has 69 heavy (non-hydrogen) atoms. The molecule has 0 N–H and O–H groups in total. The van der Waals surface area contributed by atoms with Crippen LogP contribution in [0.5, 0.6) is 0 Å². The Morgan fingerprint density at radius 1 is 0.565 bits per heavy atom. The number of aromatic nitrogens is 1. The zero-order chi connectivity index (χ0) is 49.4. The van der Waals surface area contributed by atoms with Crippen LogP contribution in [-0.4, -0.2) is 4.98 Å². The summed E-state index contributed by atoms with van der Waals surface area (Å²) in [6, 6.07) is 54.1. The van der Waals surface area contributed by atoms with Gasteiger partial charge >= 0.3 is 0 Å². The molecule has 2 aromatic heterocycles. The first-order valence-corrected chi connectivity index (χ1v) is 24.9. The van der Waals surface area contributed by atoms with Crippen molar-refractivity contribution < 1.29 is 0 Å². The van der Waals surface area contributed by atoms with Crippen molar-refractivity contribution in [3.05, 3.63) is 276 Å². The second-order valence-corrected chi connectivity index (χ2v) is 17.6. The molecule has 0 atom stereocenters. The maximum absolute atomic E-state index is 4.08. The number of aryl methyl sites for hydroxylation is 5. The summed E-state index contributed by atoms with van der Waals surface area (Å²) in [4.78, 5) is 5.62. The molecule has 1 aliphatic rings. The molecule has 8 aromatic rings. The molecule has 0 spiro atoms. The fraction of sp³-hybridized carbons (Fsp3) is 0.149. The first kappa shape index (κ1) is 52.6. The van der Waals surface area contributed by atoms with Crippen LogP contribution in [0.15, 0.2) is 243 Å². The Kier molecular flexibility index (Phi) is 21.4. The summed E-state index contributed by atoms with van der Waals surface area (Å²) in [6.07, 6.45) is 26.3. The number of rotatable bonds is 9. The molecule has 0 saturated carbocycles. The average Bonchev–Trinajstić information content (AvgIpc) is 3.77. The van der Waals surface area contributed by atoms with E-state index in [-0.39, 0.29) is 0 Å². The Bertz CT molecular complexity index is 2980. The number of nitrogens with zero attached hydrogens (tertiary/aromatic N) is 1. The minimum atomic E-state index is 1.10. The Hall–Kier alpha value is -7.39. The first-order chi connectivity index (χ1) is 33.7. The third-order valence-electron chi connectivity index (χ3n) is 11.5. The van der Waals surface area contributed by atoms with Crippen LogP contribution in [0, 0.1) is 27.7 Å². The minimum Gasteiger partial charge on any atom is -0.264 e. The van der Waals surface area contributed by atoms with Gasteiger partial charge in [0.1, 0.15) is 0 Å². The largest absolute Gasteiger partial charge is 0.264 e. The van der Waals surface area contributed by atoms with E-state index in [2.05, 4.69) is 204 Å². The van der Waals surface area contributed by atoms with Gasteiger partial charge in [-0.3, -0.25) is 4.98 Å². The number of hydrogen-bond acceptors (Lipinski definition) is 2. The maximum Gasteiger partial charge on any atom is 0.0358 e. The predicted molar refractivity (Wildman–Crippen MR) is 308 cm³/mol. The van der Waals surface area contributed by atoms with E-state index in [9.17, 15) is 0 Å². The molecule has 9 rings (SSSR count). The van der Waals surface area contributed by atoms with Gasteiger partial charge in [-0.1, -0.05) is 232 Å². The van der Waals surface area contributed by atoms with E-state index >= 15 is 0 Å². The molecule has 1 nitrogen and oxygen atoms in total. The number of hydrogen-bond donors (Lipinski definition) is 0. The average molecular weight is 920 g/mol. The number of pyridine rings is 1. The van der Waals surface area contributed by atoms with E-state index in [4.69, 9.17) is 0 Å². The van der Waals surface area contributed by atoms with E-state index in [1.807, 2.05) is 93.8 Å². The number of benzene rings is 6. The molecule has 2 heterocycles. The van der Waals surface area contributed by atoms with Gasteiger partial charge in [0.05, 0.1) is 0 Å². The lowest BCUT2D eigenvalue weighted by atomic mass is 9.97. The molecule has 0 unspecified atom stereocenters. The SMILES string of the molecule is C=C/C=C(\C=C/C)C(/C=C)=C/C=C\C.CC.Cc1ccc(-c2cccc(-c3ccc4c5c(sc4c3)CCC=C5)c2)cc1.Cc1ccc(-c2cccnc2)cc1.Cc1ccccc1-c1ccccc1C. The van der Waals surface area contributed by atoms with E-state index < -0.39 is 0 Å².